The lowest BCUT2D eigenvalue weighted by molar-refractivity contribution is 0.102. The summed E-state index contributed by atoms with van der Waals surface area (Å²) in [5.41, 5.74) is 2.23. The summed E-state index contributed by atoms with van der Waals surface area (Å²) >= 11 is 1.63. The van der Waals surface area contributed by atoms with Gasteiger partial charge in [-0.1, -0.05) is 42.1 Å². The van der Waals surface area contributed by atoms with Gasteiger partial charge < -0.3 is 5.32 Å². The largest absolute Gasteiger partial charge is 0.321 e. The molecule has 0 bridgehead atoms. The summed E-state index contributed by atoms with van der Waals surface area (Å²) in [5, 5.41) is 7.11. The van der Waals surface area contributed by atoms with E-state index in [-0.39, 0.29) is 5.91 Å². The van der Waals surface area contributed by atoms with Crippen LogP contribution in [0.4, 0.5) is 5.69 Å². The van der Waals surface area contributed by atoms with Gasteiger partial charge in [-0.25, -0.2) is 0 Å². The highest BCUT2D eigenvalue weighted by Crippen LogP contribution is 2.33. The number of carbonyl (C=O) groups is 1. The molecule has 0 atom stereocenters. The van der Waals surface area contributed by atoms with E-state index in [9.17, 15) is 4.79 Å². The van der Waals surface area contributed by atoms with Crippen LogP contribution in [0.3, 0.4) is 0 Å². The molecule has 0 unspecified atom stereocenters. The van der Waals surface area contributed by atoms with E-state index in [1.165, 1.54) is 0 Å². The number of hydrogen-bond donors (Lipinski definition) is 1. The molecule has 0 aliphatic rings. The molecule has 23 heavy (non-hydrogen) atoms. The third-order valence-corrected chi connectivity index (χ3v) is 4.67. The van der Waals surface area contributed by atoms with Crippen LogP contribution in [-0.2, 0) is 7.05 Å². The van der Waals surface area contributed by atoms with Gasteiger partial charge in [0.15, 0.2) is 0 Å². The van der Waals surface area contributed by atoms with Crippen molar-refractivity contribution < 1.29 is 4.79 Å². The smallest absolute Gasteiger partial charge is 0.259 e. The summed E-state index contributed by atoms with van der Waals surface area (Å²) in [6, 6.07) is 17.9. The molecule has 3 rings (SSSR count). The maximum Gasteiger partial charge on any atom is 0.259 e. The Morgan fingerprint density at radius 3 is 2.48 bits per heavy atom. The predicted molar refractivity (Wildman–Crippen MR) is 92.9 cm³/mol. The molecule has 1 amide bonds. The standard InChI is InChI=1S/C18H17N3OS/c1-13-15(12-19-21(13)2)18(22)20-16-10-6-7-11-17(16)23-14-8-4-3-5-9-14/h3-12H,1-2H3,(H,20,22). The summed E-state index contributed by atoms with van der Waals surface area (Å²) < 4.78 is 1.69. The summed E-state index contributed by atoms with van der Waals surface area (Å²) in [6.45, 7) is 1.88. The fourth-order valence-corrected chi connectivity index (χ4v) is 3.11. The van der Waals surface area contributed by atoms with Crippen LogP contribution in [0.2, 0.25) is 0 Å². The molecular formula is C18H17N3OS. The van der Waals surface area contributed by atoms with Gasteiger partial charge in [0.2, 0.25) is 0 Å². The van der Waals surface area contributed by atoms with E-state index in [2.05, 4.69) is 22.5 Å². The number of hydrogen-bond acceptors (Lipinski definition) is 3. The number of amides is 1. The molecule has 116 valence electrons. The monoisotopic (exact) mass is 323 g/mol. The SMILES string of the molecule is Cc1c(C(=O)Nc2ccccc2Sc2ccccc2)cnn1C. The van der Waals surface area contributed by atoms with E-state index in [0.29, 0.717) is 5.56 Å². The Balaban J connectivity index is 1.83. The second kappa shape index (κ2) is 6.71. The van der Waals surface area contributed by atoms with E-state index >= 15 is 0 Å². The summed E-state index contributed by atoms with van der Waals surface area (Å²) in [6.07, 6.45) is 1.59. The van der Waals surface area contributed by atoms with Gasteiger partial charge in [-0.2, -0.15) is 5.10 Å². The number of benzene rings is 2. The molecule has 0 fully saturated rings. The number of aromatic nitrogens is 2. The Morgan fingerprint density at radius 2 is 1.78 bits per heavy atom. The number of anilines is 1. The maximum atomic E-state index is 12.5. The molecule has 0 saturated carbocycles. The Bertz CT molecular complexity index is 827. The minimum absolute atomic E-state index is 0.142. The lowest BCUT2D eigenvalue weighted by Gasteiger charge is -2.10. The van der Waals surface area contributed by atoms with Crippen molar-refractivity contribution in [3.8, 4) is 0 Å². The van der Waals surface area contributed by atoms with Crippen molar-refractivity contribution >= 4 is 23.4 Å². The van der Waals surface area contributed by atoms with Crippen LogP contribution in [0.5, 0.6) is 0 Å². The third-order valence-electron chi connectivity index (χ3n) is 3.59. The van der Waals surface area contributed by atoms with Crippen LogP contribution in [0, 0.1) is 6.92 Å². The quantitative estimate of drug-likeness (QED) is 0.785. The van der Waals surface area contributed by atoms with Crippen molar-refractivity contribution in [1.82, 2.24) is 9.78 Å². The molecular weight excluding hydrogens is 306 g/mol. The first kappa shape index (κ1) is 15.4. The first-order valence-corrected chi connectivity index (χ1v) is 8.08. The molecule has 1 aromatic heterocycles. The van der Waals surface area contributed by atoms with Gasteiger partial charge >= 0.3 is 0 Å². The molecule has 0 aliphatic heterocycles. The van der Waals surface area contributed by atoms with Crippen LogP contribution < -0.4 is 5.32 Å². The molecule has 3 aromatic rings. The zero-order valence-corrected chi connectivity index (χ0v) is 13.8. The minimum atomic E-state index is -0.142. The zero-order valence-electron chi connectivity index (χ0n) is 13.0. The first-order valence-electron chi connectivity index (χ1n) is 7.27. The van der Waals surface area contributed by atoms with Crippen molar-refractivity contribution in [3.05, 3.63) is 72.1 Å². The van der Waals surface area contributed by atoms with Gasteiger partial charge in [-0.15, -0.1) is 0 Å². The summed E-state index contributed by atoms with van der Waals surface area (Å²) in [5.74, 6) is -0.142. The first-order chi connectivity index (χ1) is 11.1. The van der Waals surface area contributed by atoms with E-state index in [0.717, 1.165) is 21.2 Å². The highest BCUT2D eigenvalue weighted by atomic mass is 32.2. The molecule has 0 spiro atoms. The van der Waals surface area contributed by atoms with E-state index < -0.39 is 0 Å². The Morgan fingerprint density at radius 1 is 1.09 bits per heavy atom. The van der Waals surface area contributed by atoms with E-state index in [1.54, 1.807) is 22.6 Å². The number of carbonyl (C=O) groups excluding carboxylic acids is 1. The normalized spacial score (nSPS) is 10.5. The van der Waals surface area contributed by atoms with Crippen LogP contribution in [-0.4, -0.2) is 15.7 Å². The van der Waals surface area contributed by atoms with E-state index in [4.69, 9.17) is 0 Å². The summed E-state index contributed by atoms with van der Waals surface area (Å²) in [4.78, 5) is 14.6. The number of nitrogens with one attached hydrogen (secondary N) is 1. The molecule has 2 aromatic carbocycles. The fourth-order valence-electron chi connectivity index (χ4n) is 2.19. The highest BCUT2D eigenvalue weighted by molar-refractivity contribution is 7.99. The van der Waals surface area contributed by atoms with Crippen LogP contribution in [0.25, 0.3) is 0 Å². The van der Waals surface area contributed by atoms with Crippen molar-refractivity contribution in [2.24, 2.45) is 7.05 Å². The zero-order chi connectivity index (χ0) is 16.2. The topological polar surface area (TPSA) is 46.9 Å². The van der Waals surface area contributed by atoms with Crippen LogP contribution in [0.15, 0.2) is 70.6 Å². The highest BCUT2D eigenvalue weighted by Gasteiger charge is 2.14. The summed E-state index contributed by atoms with van der Waals surface area (Å²) in [7, 11) is 1.82. The lowest BCUT2D eigenvalue weighted by Crippen LogP contribution is -2.13. The fraction of sp³-hybridized carbons (Fsp3) is 0.111. The second-order valence-corrected chi connectivity index (χ2v) is 6.25. The van der Waals surface area contributed by atoms with Gasteiger partial charge in [-0.05, 0) is 31.2 Å². The van der Waals surface area contributed by atoms with Gasteiger partial charge in [0, 0.05) is 22.5 Å². The number of nitrogens with zero attached hydrogens (tertiary/aromatic N) is 2. The van der Waals surface area contributed by atoms with Gasteiger partial charge in [0.05, 0.1) is 17.4 Å². The third kappa shape index (κ3) is 3.46. The molecule has 4 nitrogen and oxygen atoms in total. The number of para-hydroxylation sites is 1. The molecule has 5 heteroatoms. The Kier molecular flexibility index (Phi) is 4.48. The average Bonchev–Trinajstić information content (AvgIpc) is 2.90. The molecule has 0 aliphatic carbocycles. The number of rotatable bonds is 4. The Labute approximate surface area is 139 Å². The van der Waals surface area contributed by atoms with Crippen molar-refractivity contribution in [2.75, 3.05) is 5.32 Å². The van der Waals surface area contributed by atoms with Gasteiger partial charge in [-0.3, -0.25) is 9.48 Å². The van der Waals surface area contributed by atoms with Crippen molar-refractivity contribution in [1.29, 1.82) is 0 Å². The maximum absolute atomic E-state index is 12.5. The second-order valence-electron chi connectivity index (χ2n) is 5.13. The average molecular weight is 323 g/mol. The molecule has 1 heterocycles. The number of aryl methyl sites for hydroxylation is 1. The van der Waals surface area contributed by atoms with Crippen LogP contribution in [0.1, 0.15) is 16.1 Å². The van der Waals surface area contributed by atoms with Gasteiger partial charge in [0.25, 0.3) is 5.91 Å². The molecule has 1 N–H and O–H groups in total. The van der Waals surface area contributed by atoms with Crippen molar-refractivity contribution in [2.45, 2.75) is 16.7 Å². The molecule has 0 radical (unpaired) electrons. The predicted octanol–water partition coefficient (Wildman–Crippen LogP) is 4.13. The minimum Gasteiger partial charge on any atom is -0.321 e. The van der Waals surface area contributed by atoms with Crippen LogP contribution >= 0.6 is 11.8 Å². The van der Waals surface area contributed by atoms with Crippen molar-refractivity contribution in [3.63, 3.8) is 0 Å². The lowest BCUT2D eigenvalue weighted by atomic mass is 10.2. The van der Waals surface area contributed by atoms with E-state index in [1.807, 2.05) is 56.4 Å². The Hall–Kier alpha value is -2.53. The van der Waals surface area contributed by atoms with Gasteiger partial charge in [0.1, 0.15) is 0 Å². The molecule has 0 saturated heterocycles.